The Labute approximate surface area is 81.1 Å². The van der Waals surface area contributed by atoms with Crippen LogP contribution in [0.15, 0.2) is 0 Å². The van der Waals surface area contributed by atoms with Crippen LogP contribution in [0.3, 0.4) is 0 Å². The van der Waals surface area contributed by atoms with Crippen molar-refractivity contribution in [1.82, 2.24) is 5.32 Å². The molecule has 0 aromatic carbocycles. The van der Waals surface area contributed by atoms with Gasteiger partial charge >= 0.3 is 5.97 Å². The minimum Gasteiger partial charge on any atom is -0.480 e. The lowest BCUT2D eigenvalue weighted by Crippen LogP contribution is -2.35. The predicted octanol–water partition coefficient (Wildman–Crippen LogP) is 1.45. The first-order valence-electron chi connectivity index (χ1n) is 3.86. The highest BCUT2D eigenvalue weighted by molar-refractivity contribution is 8.76. The van der Waals surface area contributed by atoms with Crippen LogP contribution in [0.4, 0.5) is 0 Å². The molecule has 0 spiro atoms. The van der Waals surface area contributed by atoms with Crippen molar-refractivity contribution in [3.63, 3.8) is 0 Å². The summed E-state index contributed by atoms with van der Waals surface area (Å²) < 4.78 is 0. The Morgan fingerprint density at radius 1 is 1.58 bits per heavy atom. The van der Waals surface area contributed by atoms with E-state index in [4.69, 9.17) is 5.11 Å². The number of nitrogens with one attached hydrogen (secondary N) is 1. The number of rotatable bonds is 7. The molecule has 12 heavy (non-hydrogen) atoms. The molecule has 0 aromatic heterocycles. The first-order valence-corrected chi connectivity index (χ1v) is 6.35. The maximum absolute atomic E-state index is 10.5. The second kappa shape index (κ2) is 7.76. The zero-order valence-corrected chi connectivity index (χ0v) is 9.00. The van der Waals surface area contributed by atoms with Crippen molar-refractivity contribution in [2.24, 2.45) is 0 Å². The molecule has 0 saturated heterocycles. The number of aliphatic carboxylic acids is 1. The van der Waals surface area contributed by atoms with Gasteiger partial charge in [0.25, 0.3) is 0 Å². The van der Waals surface area contributed by atoms with Crippen LogP contribution in [-0.2, 0) is 4.79 Å². The highest BCUT2D eigenvalue weighted by atomic mass is 33.1. The summed E-state index contributed by atoms with van der Waals surface area (Å²) in [5.41, 5.74) is 0. The largest absolute Gasteiger partial charge is 0.480 e. The lowest BCUT2D eigenvalue weighted by atomic mass is 10.3. The van der Waals surface area contributed by atoms with Gasteiger partial charge in [0.05, 0.1) is 0 Å². The van der Waals surface area contributed by atoms with E-state index in [-0.39, 0.29) is 0 Å². The maximum Gasteiger partial charge on any atom is 0.321 e. The third kappa shape index (κ3) is 5.74. The lowest BCUT2D eigenvalue weighted by Gasteiger charge is -2.09. The molecular weight excluding hydrogens is 194 g/mol. The normalized spacial score (nSPS) is 12.8. The molecule has 0 rings (SSSR count). The van der Waals surface area contributed by atoms with Crippen LogP contribution in [0.25, 0.3) is 0 Å². The third-order valence-corrected chi connectivity index (χ3v) is 3.87. The minimum absolute atomic E-state index is 0.417. The average molecular weight is 209 g/mol. The van der Waals surface area contributed by atoms with Gasteiger partial charge in [0.15, 0.2) is 0 Å². The number of hydrogen-bond donors (Lipinski definition) is 2. The molecule has 3 nitrogen and oxygen atoms in total. The van der Waals surface area contributed by atoms with Gasteiger partial charge in [-0.25, -0.2) is 0 Å². The molecule has 0 amide bonds. The zero-order valence-electron chi connectivity index (χ0n) is 7.37. The van der Waals surface area contributed by atoms with Gasteiger partial charge in [-0.1, -0.05) is 28.5 Å². The summed E-state index contributed by atoms with van der Waals surface area (Å²) in [5.74, 6) is 0.930. The fourth-order valence-corrected chi connectivity index (χ4v) is 2.91. The van der Waals surface area contributed by atoms with Crippen molar-refractivity contribution < 1.29 is 9.90 Å². The lowest BCUT2D eigenvalue weighted by molar-refractivity contribution is -0.138. The Balaban J connectivity index is 3.38. The molecule has 0 aliphatic rings. The monoisotopic (exact) mass is 209 g/mol. The van der Waals surface area contributed by atoms with Crippen LogP contribution in [0.5, 0.6) is 0 Å². The number of likely N-dealkylation sites (N-methyl/N-ethyl adjacent to an activating group) is 1. The van der Waals surface area contributed by atoms with Crippen LogP contribution in [0, 0.1) is 0 Å². The standard InChI is InChI=1S/C7H15NO2S2/c1-3-4-11-12-5-6(8-2)7(9)10/h6,8H,3-5H2,1-2H3,(H,9,10)/t6-/m0/s1. The Bertz CT molecular complexity index is 133. The van der Waals surface area contributed by atoms with Gasteiger partial charge in [-0.3, -0.25) is 4.79 Å². The van der Waals surface area contributed by atoms with Crippen LogP contribution in [0.2, 0.25) is 0 Å². The van der Waals surface area contributed by atoms with Gasteiger partial charge in [-0.05, 0) is 13.5 Å². The SMILES string of the molecule is CCCSSC[C@H](NC)C(=O)O. The van der Waals surface area contributed by atoms with E-state index in [1.165, 1.54) is 0 Å². The molecule has 2 N–H and O–H groups in total. The number of carboxylic acids is 1. The van der Waals surface area contributed by atoms with Crippen molar-refractivity contribution >= 4 is 27.6 Å². The van der Waals surface area contributed by atoms with Gasteiger partial charge in [0.2, 0.25) is 0 Å². The van der Waals surface area contributed by atoms with Gasteiger partial charge in [0, 0.05) is 11.5 Å². The molecule has 0 radical (unpaired) electrons. The topological polar surface area (TPSA) is 49.3 Å². The summed E-state index contributed by atoms with van der Waals surface area (Å²) in [6, 6.07) is -0.417. The molecule has 72 valence electrons. The molecule has 0 heterocycles. The molecule has 5 heteroatoms. The summed E-state index contributed by atoms with van der Waals surface area (Å²) in [5, 5.41) is 11.4. The maximum atomic E-state index is 10.5. The number of hydrogen-bond acceptors (Lipinski definition) is 4. The van der Waals surface area contributed by atoms with Crippen molar-refractivity contribution in [2.45, 2.75) is 19.4 Å². The predicted molar refractivity (Wildman–Crippen MR) is 55.7 cm³/mol. The Kier molecular flexibility index (Phi) is 7.85. The van der Waals surface area contributed by atoms with Gasteiger partial charge < -0.3 is 10.4 Å². The third-order valence-electron chi connectivity index (χ3n) is 1.25. The summed E-state index contributed by atoms with van der Waals surface area (Å²) >= 11 is 0. The van der Waals surface area contributed by atoms with Crippen LogP contribution in [-0.4, -0.2) is 35.7 Å². The van der Waals surface area contributed by atoms with E-state index in [2.05, 4.69) is 12.2 Å². The molecule has 0 fully saturated rings. The summed E-state index contributed by atoms with van der Waals surface area (Å²) in [7, 11) is 5.01. The highest BCUT2D eigenvalue weighted by Gasteiger charge is 2.13. The number of carbonyl (C=O) groups is 1. The second-order valence-electron chi connectivity index (χ2n) is 2.29. The molecule has 0 unspecified atom stereocenters. The number of carboxylic acid groups (broad SMARTS) is 1. The fraction of sp³-hybridized carbons (Fsp3) is 0.857. The Morgan fingerprint density at radius 2 is 2.25 bits per heavy atom. The first-order chi connectivity index (χ1) is 5.72. The molecule has 0 aliphatic heterocycles. The van der Waals surface area contributed by atoms with Crippen molar-refractivity contribution in [3.8, 4) is 0 Å². The van der Waals surface area contributed by atoms with E-state index in [9.17, 15) is 4.79 Å². The quantitative estimate of drug-likeness (QED) is 0.491. The summed E-state index contributed by atoms with van der Waals surface area (Å²) in [6.07, 6.45) is 1.13. The molecule has 0 saturated carbocycles. The minimum atomic E-state index is -0.776. The van der Waals surface area contributed by atoms with Gasteiger partial charge in [-0.2, -0.15) is 0 Å². The van der Waals surface area contributed by atoms with E-state index in [1.54, 1.807) is 28.6 Å². The van der Waals surface area contributed by atoms with Crippen LogP contribution < -0.4 is 5.32 Å². The van der Waals surface area contributed by atoms with E-state index in [1.807, 2.05) is 0 Å². The summed E-state index contributed by atoms with van der Waals surface area (Å²) in [6.45, 7) is 2.11. The first kappa shape index (κ1) is 12.1. The van der Waals surface area contributed by atoms with Crippen molar-refractivity contribution in [1.29, 1.82) is 0 Å². The molecule has 0 aromatic rings. The van der Waals surface area contributed by atoms with Crippen LogP contribution in [0.1, 0.15) is 13.3 Å². The van der Waals surface area contributed by atoms with E-state index >= 15 is 0 Å². The zero-order chi connectivity index (χ0) is 9.40. The van der Waals surface area contributed by atoms with Crippen molar-refractivity contribution in [3.05, 3.63) is 0 Å². The molecule has 0 bridgehead atoms. The highest BCUT2D eigenvalue weighted by Crippen LogP contribution is 2.22. The van der Waals surface area contributed by atoms with E-state index < -0.39 is 12.0 Å². The van der Waals surface area contributed by atoms with Gasteiger partial charge in [-0.15, -0.1) is 0 Å². The fourth-order valence-electron chi connectivity index (χ4n) is 0.537. The molecular formula is C7H15NO2S2. The molecule has 1 atom stereocenters. The average Bonchev–Trinajstić information content (AvgIpc) is 2.04. The second-order valence-corrected chi connectivity index (χ2v) is 4.91. The van der Waals surface area contributed by atoms with Crippen LogP contribution >= 0.6 is 21.6 Å². The smallest absolute Gasteiger partial charge is 0.321 e. The van der Waals surface area contributed by atoms with Gasteiger partial charge in [0.1, 0.15) is 6.04 Å². The molecule has 0 aliphatic carbocycles. The Morgan fingerprint density at radius 3 is 2.67 bits per heavy atom. The van der Waals surface area contributed by atoms with E-state index in [0.29, 0.717) is 5.75 Å². The van der Waals surface area contributed by atoms with E-state index in [0.717, 1.165) is 12.2 Å². The summed E-state index contributed by atoms with van der Waals surface area (Å²) in [4.78, 5) is 10.5. The Hall–Kier alpha value is 0.130. The van der Waals surface area contributed by atoms with Crippen molar-refractivity contribution in [2.75, 3.05) is 18.6 Å².